The third-order valence-corrected chi connectivity index (χ3v) is 15.2. The molecule has 4 rings (SSSR count). The average Bonchev–Trinajstić information content (AvgIpc) is 3.41. The Balaban J connectivity index is 1.42. The molecular weight excluding hydrogens is 704 g/mol. The van der Waals surface area contributed by atoms with Gasteiger partial charge < -0.3 is 24.1 Å². The maximum absolute atomic E-state index is 13.8. The zero-order valence-electron chi connectivity index (χ0n) is 29.2. The second-order valence-corrected chi connectivity index (χ2v) is 21.3. The molecule has 47 heavy (non-hydrogen) atoms. The first-order chi connectivity index (χ1) is 21.9. The molecule has 2 fully saturated rings. The van der Waals surface area contributed by atoms with Crippen LogP contribution in [0.25, 0.3) is 10.9 Å². The highest BCUT2D eigenvalue weighted by Gasteiger charge is 2.44. The number of nitrogens with zero attached hydrogens (tertiary/aromatic N) is 3. The van der Waals surface area contributed by atoms with Gasteiger partial charge in [0.2, 0.25) is 5.91 Å². The van der Waals surface area contributed by atoms with Crippen molar-refractivity contribution in [2.75, 3.05) is 26.2 Å². The average molecular weight is 756 g/mol. The number of benzene rings is 1. The lowest BCUT2D eigenvalue weighted by molar-refractivity contribution is -0.134. The maximum atomic E-state index is 13.8. The molecule has 0 bridgehead atoms. The Morgan fingerprint density at radius 3 is 2.51 bits per heavy atom. The zero-order chi connectivity index (χ0) is 34.7. The Kier molecular flexibility index (Phi) is 12.3. The largest absolute Gasteiger partial charge is 0.444 e. The van der Waals surface area contributed by atoms with E-state index in [-0.39, 0.29) is 47.9 Å². The van der Waals surface area contributed by atoms with Crippen LogP contribution in [0.3, 0.4) is 0 Å². The minimum Gasteiger partial charge on any atom is -0.444 e. The van der Waals surface area contributed by atoms with Gasteiger partial charge in [0.1, 0.15) is 11.7 Å². The summed E-state index contributed by atoms with van der Waals surface area (Å²) in [6, 6.07) is 1.89. The topological polar surface area (TPSA) is 112 Å². The summed E-state index contributed by atoms with van der Waals surface area (Å²) in [4.78, 5) is 41.5. The molecule has 1 N–H and O–H groups in total. The van der Waals surface area contributed by atoms with Crippen LogP contribution < -0.4 is 5.32 Å². The first kappa shape index (κ1) is 37.8. The standard InChI is InChI=1S/C34H52BrClN4O6Si/c1-33(2,3)45-32(43)39-16-11-12-22(21-39)30(46-47(7,8)34(4,5)6)31(42)37-19-23(41)14-15-24-26(36)18-27-25(29(24)35)20-38-40(27)28-13-9-10-17-44-28/h18,20,22,28,30H,9-17,19,21H2,1-8H3,(H,37,42)/t22-,28?,30?/m1/s1. The lowest BCUT2D eigenvalue weighted by Gasteiger charge is -2.43. The van der Waals surface area contributed by atoms with Gasteiger partial charge in [0.25, 0.3) is 0 Å². The monoisotopic (exact) mass is 754 g/mol. The van der Waals surface area contributed by atoms with Crippen molar-refractivity contribution >= 4 is 64.5 Å². The number of Topliss-reactive ketones (excluding diaryl/α,β-unsaturated/α-hetero) is 1. The summed E-state index contributed by atoms with van der Waals surface area (Å²) in [7, 11) is -2.38. The Bertz CT molecular complexity index is 1450. The number of hydrogen-bond donors (Lipinski definition) is 1. The molecule has 2 saturated heterocycles. The van der Waals surface area contributed by atoms with E-state index in [9.17, 15) is 14.4 Å². The van der Waals surface area contributed by atoms with E-state index < -0.39 is 20.0 Å². The van der Waals surface area contributed by atoms with Crippen LogP contribution in [0.1, 0.15) is 91.9 Å². The van der Waals surface area contributed by atoms with E-state index in [0.717, 1.165) is 53.0 Å². The number of aromatic nitrogens is 2. The van der Waals surface area contributed by atoms with Crippen LogP contribution >= 0.6 is 27.5 Å². The number of ketones is 1. The van der Waals surface area contributed by atoms with Gasteiger partial charge in [0.05, 0.1) is 18.3 Å². The zero-order valence-corrected chi connectivity index (χ0v) is 32.6. The number of nitrogens with one attached hydrogen (secondary N) is 1. The van der Waals surface area contributed by atoms with Crippen LogP contribution in [-0.4, -0.2) is 78.7 Å². The van der Waals surface area contributed by atoms with Crippen LogP contribution in [-0.2, 0) is 29.9 Å². The molecule has 0 spiro atoms. The van der Waals surface area contributed by atoms with E-state index in [1.807, 2.05) is 31.5 Å². The summed E-state index contributed by atoms with van der Waals surface area (Å²) < 4.78 is 21.0. The number of fused-ring (bicyclic) bond motifs is 1. The molecule has 0 aliphatic carbocycles. The molecule has 0 saturated carbocycles. The molecule has 2 aliphatic heterocycles. The highest BCUT2D eigenvalue weighted by Crippen LogP contribution is 2.39. The molecule has 13 heteroatoms. The predicted molar refractivity (Wildman–Crippen MR) is 190 cm³/mol. The Labute approximate surface area is 293 Å². The predicted octanol–water partition coefficient (Wildman–Crippen LogP) is 7.81. The van der Waals surface area contributed by atoms with Crippen molar-refractivity contribution in [2.45, 2.75) is 123 Å². The van der Waals surface area contributed by atoms with Crippen molar-refractivity contribution in [3.8, 4) is 0 Å². The molecule has 3 heterocycles. The fourth-order valence-corrected chi connectivity index (χ4v) is 8.19. The molecule has 2 amide bonds. The summed E-state index contributed by atoms with van der Waals surface area (Å²) in [5.74, 6) is -0.656. The lowest BCUT2D eigenvalue weighted by Crippen LogP contribution is -2.55. The summed E-state index contributed by atoms with van der Waals surface area (Å²) >= 11 is 10.5. The van der Waals surface area contributed by atoms with Gasteiger partial charge >= 0.3 is 6.09 Å². The van der Waals surface area contributed by atoms with E-state index >= 15 is 0 Å². The molecule has 2 unspecified atom stereocenters. The number of carbonyl (C=O) groups is 3. The van der Waals surface area contributed by atoms with E-state index in [4.69, 9.17) is 25.5 Å². The van der Waals surface area contributed by atoms with Gasteiger partial charge in [-0.15, -0.1) is 0 Å². The number of halogens is 2. The van der Waals surface area contributed by atoms with Crippen molar-refractivity contribution in [1.29, 1.82) is 0 Å². The lowest BCUT2D eigenvalue weighted by atomic mass is 9.92. The molecule has 3 atom stereocenters. The molecule has 10 nitrogen and oxygen atoms in total. The van der Waals surface area contributed by atoms with Crippen LogP contribution in [0.5, 0.6) is 0 Å². The van der Waals surface area contributed by atoms with Crippen molar-refractivity contribution in [1.82, 2.24) is 20.0 Å². The minimum absolute atomic E-state index is 0.112. The highest BCUT2D eigenvalue weighted by molar-refractivity contribution is 9.10. The van der Waals surface area contributed by atoms with E-state index in [1.54, 1.807) is 11.1 Å². The summed E-state index contributed by atoms with van der Waals surface area (Å²) in [5, 5.41) is 8.79. The van der Waals surface area contributed by atoms with Gasteiger partial charge in [0, 0.05) is 46.9 Å². The van der Waals surface area contributed by atoms with Crippen LogP contribution in [0.15, 0.2) is 16.7 Å². The number of carbonyl (C=O) groups excluding carboxylic acids is 3. The van der Waals surface area contributed by atoms with E-state index in [0.29, 0.717) is 31.1 Å². The molecule has 2 aromatic rings. The summed E-state index contributed by atoms with van der Waals surface area (Å²) in [6.07, 6.45) is 5.64. The summed E-state index contributed by atoms with van der Waals surface area (Å²) in [5.41, 5.74) is 1.10. The first-order valence-corrected chi connectivity index (χ1v) is 20.9. The molecule has 1 aromatic carbocycles. The molecule has 2 aliphatic rings. The van der Waals surface area contributed by atoms with Crippen LogP contribution in [0.4, 0.5) is 4.79 Å². The van der Waals surface area contributed by atoms with Gasteiger partial charge in [-0.2, -0.15) is 5.10 Å². The first-order valence-electron chi connectivity index (χ1n) is 16.8. The fourth-order valence-electron chi connectivity index (χ4n) is 5.78. The highest BCUT2D eigenvalue weighted by atomic mass is 79.9. The SMILES string of the molecule is CC(C)(C)OC(=O)N1CCC[C@@H](C(O[Si](C)(C)C(C)(C)C)C(=O)NCC(=O)CCc2c(Cl)cc3c(cnn3C3CCCCO3)c2Br)C1. The minimum atomic E-state index is -2.38. The van der Waals surface area contributed by atoms with E-state index in [2.05, 4.69) is 60.2 Å². The van der Waals surface area contributed by atoms with Gasteiger partial charge in [-0.25, -0.2) is 9.48 Å². The Morgan fingerprint density at radius 1 is 1.15 bits per heavy atom. The number of piperidine rings is 1. The van der Waals surface area contributed by atoms with Gasteiger partial charge in [-0.3, -0.25) is 9.59 Å². The molecular formula is C34H52BrClN4O6Si. The van der Waals surface area contributed by atoms with Crippen molar-refractivity contribution in [3.63, 3.8) is 0 Å². The van der Waals surface area contributed by atoms with Gasteiger partial charge in [-0.05, 0) is 105 Å². The Morgan fingerprint density at radius 2 is 1.87 bits per heavy atom. The number of amides is 2. The van der Waals surface area contributed by atoms with Crippen molar-refractivity contribution < 1.29 is 28.3 Å². The smallest absolute Gasteiger partial charge is 0.410 e. The summed E-state index contributed by atoms with van der Waals surface area (Å²) in [6.45, 7) is 17.6. The normalized spacial score (nSPS) is 20.3. The number of rotatable bonds is 10. The fraction of sp³-hybridized carbons (Fsp3) is 0.706. The van der Waals surface area contributed by atoms with Crippen molar-refractivity contribution in [2.24, 2.45) is 5.92 Å². The number of likely N-dealkylation sites (tertiary alicyclic amines) is 1. The maximum Gasteiger partial charge on any atom is 0.410 e. The van der Waals surface area contributed by atoms with Gasteiger partial charge in [-0.1, -0.05) is 32.4 Å². The van der Waals surface area contributed by atoms with Crippen LogP contribution in [0.2, 0.25) is 23.2 Å². The molecule has 262 valence electrons. The second kappa shape index (κ2) is 15.3. The van der Waals surface area contributed by atoms with Gasteiger partial charge in [0.15, 0.2) is 20.3 Å². The third kappa shape index (κ3) is 9.59. The quantitative estimate of drug-likeness (QED) is 0.246. The van der Waals surface area contributed by atoms with E-state index in [1.165, 1.54) is 0 Å². The number of ether oxygens (including phenoxy) is 2. The van der Waals surface area contributed by atoms with Crippen molar-refractivity contribution in [3.05, 3.63) is 27.3 Å². The third-order valence-electron chi connectivity index (χ3n) is 9.45. The molecule has 0 radical (unpaired) electrons. The second-order valence-electron chi connectivity index (χ2n) is 15.4. The van der Waals surface area contributed by atoms with Crippen LogP contribution in [0, 0.1) is 5.92 Å². The molecule has 1 aromatic heterocycles. The number of hydrogen-bond acceptors (Lipinski definition) is 7. The Hall–Kier alpha value is -1.99.